The summed E-state index contributed by atoms with van der Waals surface area (Å²) in [6, 6.07) is 9.81. The number of hydrogen-bond donors (Lipinski definition) is 0. The number of amides is 1. The SMILES string of the molecule is CN1C(=O)Cc2cc(-c3csc(-c4ccco4)n3)ccc21. The van der Waals surface area contributed by atoms with Gasteiger partial charge in [-0.2, -0.15) is 0 Å². The molecule has 0 atom stereocenters. The quantitative estimate of drug-likeness (QED) is 0.726. The topological polar surface area (TPSA) is 46.3 Å². The standard InChI is InChI=1S/C16H12N2O2S/c1-18-13-5-4-10(7-11(13)8-15(18)19)12-9-21-16(17-12)14-3-2-6-20-14/h2-7,9H,8H2,1H3. The lowest BCUT2D eigenvalue weighted by atomic mass is 10.1. The molecule has 1 aliphatic heterocycles. The number of rotatable bonds is 2. The summed E-state index contributed by atoms with van der Waals surface area (Å²) in [4.78, 5) is 18.1. The fourth-order valence-corrected chi connectivity index (χ4v) is 3.34. The molecule has 0 fully saturated rings. The van der Waals surface area contributed by atoms with Crippen molar-refractivity contribution in [2.45, 2.75) is 6.42 Å². The Labute approximate surface area is 125 Å². The molecule has 2 aromatic heterocycles. The smallest absolute Gasteiger partial charge is 0.231 e. The second kappa shape index (κ2) is 4.56. The molecule has 3 aromatic rings. The average molecular weight is 296 g/mol. The molecular weight excluding hydrogens is 284 g/mol. The van der Waals surface area contributed by atoms with Crippen LogP contribution in [0.5, 0.6) is 0 Å². The van der Waals surface area contributed by atoms with Gasteiger partial charge in [-0.3, -0.25) is 4.79 Å². The Morgan fingerprint density at radius 2 is 2.24 bits per heavy atom. The summed E-state index contributed by atoms with van der Waals surface area (Å²) in [5.41, 5.74) is 4.00. The first-order valence-electron chi connectivity index (χ1n) is 6.61. The van der Waals surface area contributed by atoms with Crippen molar-refractivity contribution in [2.24, 2.45) is 0 Å². The van der Waals surface area contributed by atoms with Crippen molar-refractivity contribution >= 4 is 22.9 Å². The van der Waals surface area contributed by atoms with Crippen LogP contribution in [0.2, 0.25) is 0 Å². The Morgan fingerprint density at radius 3 is 3.05 bits per heavy atom. The van der Waals surface area contributed by atoms with Crippen LogP contribution < -0.4 is 4.90 Å². The molecule has 5 heteroatoms. The first-order chi connectivity index (χ1) is 10.2. The maximum absolute atomic E-state index is 11.7. The zero-order valence-corrected chi connectivity index (χ0v) is 12.2. The van der Waals surface area contributed by atoms with Crippen molar-refractivity contribution in [3.8, 4) is 22.0 Å². The zero-order chi connectivity index (χ0) is 14.4. The van der Waals surface area contributed by atoms with Crippen LogP contribution in [0.25, 0.3) is 22.0 Å². The van der Waals surface area contributed by atoms with Gasteiger partial charge in [-0.15, -0.1) is 11.3 Å². The van der Waals surface area contributed by atoms with E-state index < -0.39 is 0 Å². The summed E-state index contributed by atoms with van der Waals surface area (Å²) >= 11 is 1.55. The Bertz CT molecular complexity index is 821. The van der Waals surface area contributed by atoms with Crippen molar-refractivity contribution in [3.05, 3.63) is 47.5 Å². The van der Waals surface area contributed by atoms with Gasteiger partial charge in [0.05, 0.1) is 18.4 Å². The van der Waals surface area contributed by atoms with Crippen molar-refractivity contribution in [2.75, 3.05) is 11.9 Å². The molecule has 0 saturated carbocycles. The fourth-order valence-electron chi connectivity index (χ4n) is 2.55. The first kappa shape index (κ1) is 12.3. The van der Waals surface area contributed by atoms with E-state index in [4.69, 9.17) is 4.42 Å². The molecule has 0 bridgehead atoms. The second-order valence-electron chi connectivity index (χ2n) is 4.99. The van der Waals surface area contributed by atoms with E-state index >= 15 is 0 Å². The minimum absolute atomic E-state index is 0.136. The molecule has 0 spiro atoms. The van der Waals surface area contributed by atoms with Crippen LogP contribution in [0.15, 0.2) is 46.4 Å². The van der Waals surface area contributed by atoms with Crippen molar-refractivity contribution in [1.82, 2.24) is 4.98 Å². The Hall–Kier alpha value is -2.40. The van der Waals surface area contributed by atoms with Crippen molar-refractivity contribution in [1.29, 1.82) is 0 Å². The van der Waals surface area contributed by atoms with E-state index in [0.29, 0.717) is 6.42 Å². The van der Waals surface area contributed by atoms with Gasteiger partial charge in [-0.05, 0) is 29.8 Å². The molecule has 1 aromatic carbocycles. The normalized spacial score (nSPS) is 13.8. The minimum atomic E-state index is 0.136. The van der Waals surface area contributed by atoms with Gasteiger partial charge in [0.25, 0.3) is 0 Å². The Morgan fingerprint density at radius 1 is 1.33 bits per heavy atom. The Kier molecular flexibility index (Phi) is 2.68. The zero-order valence-electron chi connectivity index (χ0n) is 11.4. The predicted octanol–water partition coefficient (Wildman–Crippen LogP) is 3.59. The second-order valence-corrected chi connectivity index (χ2v) is 5.85. The summed E-state index contributed by atoms with van der Waals surface area (Å²) in [5, 5.41) is 2.88. The number of carbonyl (C=O) groups excluding carboxylic acids is 1. The molecule has 1 aliphatic rings. The van der Waals surface area contributed by atoms with Gasteiger partial charge in [0.1, 0.15) is 0 Å². The van der Waals surface area contributed by atoms with Crippen LogP contribution in [-0.2, 0) is 11.2 Å². The van der Waals surface area contributed by atoms with Crippen LogP contribution in [0.3, 0.4) is 0 Å². The molecule has 0 N–H and O–H groups in total. The van der Waals surface area contributed by atoms with Crippen LogP contribution >= 0.6 is 11.3 Å². The van der Waals surface area contributed by atoms with Gasteiger partial charge in [0.2, 0.25) is 5.91 Å². The van der Waals surface area contributed by atoms with E-state index in [-0.39, 0.29) is 5.91 Å². The van der Waals surface area contributed by atoms with Crippen molar-refractivity contribution < 1.29 is 9.21 Å². The average Bonchev–Trinajstić information content (AvgIpc) is 3.20. The number of hydrogen-bond acceptors (Lipinski definition) is 4. The maximum atomic E-state index is 11.7. The summed E-state index contributed by atoms with van der Waals surface area (Å²) in [6.45, 7) is 0. The maximum Gasteiger partial charge on any atom is 0.231 e. The van der Waals surface area contributed by atoms with E-state index in [0.717, 1.165) is 33.3 Å². The van der Waals surface area contributed by atoms with Crippen LogP contribution in [0.1, 0.15) is 5.56 Å². The largest absolute Gasteiger partial charge is 0.462 e. The van der Waals surface area contributed by atoms with E-state index in [1.165, 1.54) is 0 Å². The number of thiazole rings is 1. The summed E-state index contributed by atoms with van der Waals surface area (Å²) in [5.74, 6) is 0.916. The van der Waals surface area contributed by atoms with E-state index in [2.05, 4.69) is 11.1 Å². The third kappa shape index (κ3) is 1.97. The highest BCUT2D eigenvalue weighted by molar-refractivity contribution is 7.13. The summed E-state index contributed by atoms with van der Waals surface area (Å²) in [7, 11) is 1.81. The van der Waals surface area contributed by atoms with Gasteiger partial charge in [-0.1, -0.05) is 6.07 Å². The van der Waals surface area contributed by atoms with Crippen molar-refractivity contribution in [3.63, 3.8) is 0 Å². The van der Waals surface area contributed by atoms with Gasteiger partial charge >= 0.3 is 0 Å². The molecule has 4 rings (SSSR count). The molecule has 3 heterocycles. The highest BCUT2D eigenvalue weighted by Gasteiger charge is 2.24. The number of benzene rings is 1. The molecule has 0 unspecified atom stereocenters. The highest BCUT2D eigenvalue weighted by Crippen LogP contribution is 2.34. The van der Waals surface area contributed by atoms with E-state index in [1.54, 1.807) is 22.5 Å². The Balaban J connectivity index is 1.72. The molecular formula is C16H12N2O2S. The molecule has 0 saturated heterocycles. The lowest BCUT2D eigenvalue weighted by molar-refractivity contribution is -0.117. The molecule has 0 radical (unpaired) electrons. The monoisotopic (exact) mass is 296 g/mol. The van der Waals surface area contributed by atoms with Gasteiger partial charge < -0.3 is 9.32 Å². The fraction of sp³-hybridized carbons (Fsp3) is 0.125. The van der Waals surface area contributed by atoms with Gasteiger partial charge in [0.15, 0.2) is 10.8 Å². The van der Waals surface area contributed by atoms with Crippen LogP contribution in [0, 0.1) is 0 Å². The lowest BCUT2D eigenvalue weighted by Gasteiger charge is -2.09. The van der Waals surface area contributed by atoms with E-state index in [9.17, 15) is 4.79 Å². The van der Waals surface area contributed by atoms with Crippen LogP contribution in [0.4, 0.5) is 5.69 Å². The highest BCUT2D eigenvalue weighted by atomic mass is 32.1. The number of aromatic nitrogens is 1. The number of likely N-dealkylation sites (N-methyl/N-ethyl adjacent to an activating group) is 1. The number of fused-ring (bicyclic) bond motifs is 1. The molecule has 21 heavy (non-hydrogen) atoms. The number of anilines is 1. The summed E-state index contributed by atoms with van der Waals surface area (Å²) in [6.07, 6.45) is 2.11. The number of furan rings is 1. The summed E-state index contributed by atoms with van der Waals surface area (Å²) < 4.78 is 5.37. The predicted molar refractivity (Wildman–Crippen MR) is 82.4 cm³/mol. The lowest BCUT2D eigenvalue weighted by Crippen LogP contribution is -2.20. The number of carbonyl (C=O) groups is 1. The third-order valence-corrected chi connectivity index (χ3v) is 4.55. The molecule has 0 aliphatic carbocycles. The van der Waals surface area contributed by atoms with Gasteiger partial charge in [0, 0.05) is 23.7 Å². The van der Waals surface area contributed by atoms with Crippen LogP contribution in [-0.4, -0.2) is 17.9 Å². The molecule has 1 amide bonds. The molecule has 104 valence electrons. The minimum Gasteiger partial charge on any atom is -0.462 e. The first-order valence-corrected chi connectivity index (χ1v) is 7.49. The van der Waals surface area contributed by atoms with Gasteiger partial charge in [-0.25, -0.2) is 4.98 Å². The third-order valence-electron chi connectivity index (χ3n) is 3.69. The molecule has 4 nitrogen and oxygen atoms in total. The van der Waals surface area contributed by atoms with E-state index in [1.807, 2.05) is 36.7 Å². The number of nitrogens with zero attached hydrogens (tertiary/aromatic N) is 2.